The van der Waals surface area contributed by atoms with Crippen LogP contribution in [0.3, 0.4) is 0 Å². The summed E-state index contributed by atoms with van der Waals surface area (Å²) in [5.74, 6) is 1.31. The molecule has 0 spiro atoms. The molecule has 1 heterocycles. The zero-order valence-corrected chi connectivity index (χ0v) is 12.0. The van der Waals surface area contributed by atoms with Gasteiger partial charge in [-0.3, -0.25) is 0 Å². The zero-order valence-electron chi connectivity index (χ0n) is 11.2. The van der Waals surface area contributed by atoms with Crippen LogP contribution in [0.1, 0.15) is 40.0 Å². The molecule has 2 nitrogen and oxygen atoms in total. The summed E-state index contributed by atoms with van der Waals surface area (Å²) in [5.41, 5.74) is 0. The van der Waals surface area contributed by atoms with E-state index >= 15 is 0 Å². The largest absolute Gasteiger partial charge is 0.317 e. The fourth-order valence-corrected chi connectivity index (χ4v) is 3.37. The van der Waals surface area contributed by atoms with Crippen molar-refractivity contribution in [1.82, 2.24) is 10.2 Å². The van der Waals surface area contributed by atoms with Gasteiger partial charge in [0.15, 0.2) is 0 Å². The second kappa shape index (κ2) is 7.57. The van der Waals surface area contributed by atoms with Crippen LogP contribution in [0.25, 0.3) is 0 Å². The van der Waals surface area contributed by atoms with E-state index in [1.165, 1.54) is 57.7 Å². The van der Waals surface area contributed by atoms with E-state index in [-0.39, 0.29) is 0 Å². The van der Waals surface area contributed by atoms with Crippen molar-refractivity contribution < 1.29 is 0 Å². The normalized spacial score (nSPS) is 21.2. The Labute approximate surface area is 106 Å². The van der Waals surface area contributed by atoms with E-state index in [0.29, 0.717) is 4.75 Å². The molecular formula is C13H28N2S. The Balaban J connectivity index is 2.00. The van der Waals surface area contributed by atoms with Crippen molar-refractivity contribution >= 4 is 11.8 Å². The Morgan fingerprint density at radius 2 is 2.06 bits per heavy atom. The minimum absolute atomic E-state index is 0.471. The van der Waals surface area contributed by atoms with Gasteiger partial charge in [-0.15, -0.1) is 0 Å². The fraction of sp³-hybridized carbons (Fsp3) is 1.00. The quantitative estimate of drug-likeness (QED) is 0.693. The van der Waals surface area contributed by atoms with Gasteiger partial charge in [0.05, 0.1) is 0 Å². The third-order valence-electron chi connectivity index (χ3n) is 3.01. The van der Waals surface area contributed by atoms with Crippen molar-refractivity contribution in [2.45, 2.75) is 44.8 Å². The molecule has 0 bridgehead atoms. The molecule has 1 aliphatic heterocycles. The highest BCUT2D eigenvalue weighted by atomic mass is 32.2. The molecule has 0 aromatic heterocycles. The summed E-state index contributed by atoms with van der Waals surface area (Å²) in [5, 5.41) is 3.47. The molecule has 1 fully saturated rings. The maximum atomic E-state index is 3.47. The van der Waals surface area contributed by atoms with Gasteiger partial charge in [0.1, 0.15) is 0 Å². The zero-order chi connectivity index (χ0) is 11.9. The monoisotopic (exact) mass is 244 g/mol. The predicted octanol–water partition coefficient (Wildman–Crippen LogP) is 2.59. The Bertz CT molecular complexity index is 183. The molecule has 1 rings (SSSR count). The number of hydrogen-bond donors (Lipinski definition) is 1. The molecule has 0 saturated carbocycles. The lowest BCUT2D eigenvalue weighted by Crippen LogP contribution is -2.43. The van der Waals surface area contributed by atoms with Crippen LogP contribution in [0.5, 0.6) is 0 Å². The second-order valence-electron chi connectivity index (χ2n) is 5.34. The first kappa shape index (κ1) is 14.3. The lowest BCUT2D eigenvalue weighted by atomic mass is 10.1. The van der Waals surface area contributed by atoms with Gasteiger partial charge in [-0.1, -0.05) is 6.92 Å². The number of nitrogens with zero attached hydrogens (tertiary/aromatic N) is 1. The molecule has 0 aromatic rings. The van der Waals surface area contributed by atoms with Gasteiger partial charge >= 0.3 is 0 Å². The molecule has 0 atom stereocenters. The van der Waals surface area contributed by atoms with Crippen molar-refractivity contribution in [3.63, 3.8) is 0 Å². The van der Waals surface area contributed by atoms with Gasteiger partial charge < -0.3 is 10.2 Å². The summed E-state index contributed by atoms with van der Waals surface area (Å²) >= 11 is 2.12. The molecule has 0 unspecified atom stereocenters. The van der Waals surface area contributed by atoms with Crippen molar-refractivity contribution in [3.8, 4) is 0 Å². The maximum Gasteiger partial charge on any atom is 0.0231 e. The van der Waals surface area contributed by atoms with Crippen LogP contribution in [0.2, 0.25) is 0 Å². The number of rotatable bonds is 7. The van der Waals surface area contributed by atoms with Crippen LogP contribution in [-0.4, -0.2) is 48.1 Å². The molecule has 1 N–H and O–H groups in total. The summed E-state index contributed by atoms with van der Waals surface area (Å²) < 4.78 is 0.471. The molecule has 96 valence electrons. The summed E-state index contributed by atoms with van der Waals surface area (Å²) in [4.78, 5) is 2.64. The van der Waals surface area contributed by atoms with Gasteiger partial charge in [0.25, 0.3) is 0 Å². The minimum Gasteiger partial charge on any atom is -0.317 e. The average Bonchev–Trinajstić information content (AvgIpc) is 2.22. The highest BCUT2D eigenvalue weighted by molar-refractivity contribution is 8.00. The fourth-order valence-electron chi connectivity index (χ4n) is 2.19. The molecule has 0 aliphatic carbocycles. The van der Waals surface area contributed by atoms with Gasteiger partial charge in [-0.25, -0.2) is 0 Å². The average molecular weight is 244 g/mol. The van der Waals surface area contributed by atoms with E-state index in [9.17, 15) is 0 Å². The van der Waals surface area contributed by atoms with Crippen molar-refractivity contribution in [3.05, 3.63) is 0 Å². The van der Waals surface area contributed by atoms with E-state index in [4.69, 9.17) is 0 Å². The van der Waals surface area contributed by atoms with Gasteiger partial charge in [0.2, 0.25) is 0 Å². The lowest BCUT2D eigenvalue weighted by Gasteiger charge is -2.37. The van der Waals surface area contributed by atoms with E-state index in [1.807, 2.05) is 0 Å². The molecule has 1 aliphatic rings. The van der Waals surface area contributed by atoms with Crippen LogP contribution in [0, 0.1) is 0 Å². The SMILES string of the molecule is CCCNCCCCN1CCSC(C)(C)C1. The third kappa shape index (κ3) is 6.12. The van der Waals surface area contributed by atoms with Gasteiger partial charge in [-0.05, 0) is 52.7 Å². The molecule has 1 saturated heterocycles. The molecule has 0 amide bonds. The Morgan fingerprint density at radius 3 is 2.75 bits per heavy atom. The van der Waals surface area contributed by atoms with Gasteiger partial charge in [-0.2, -0.15) is 11.8 Å². The summed E-state index contributed by atoms with van der Waals surface area (Å²) in [6.07, 6.45) is 3.92. The molecule has 3 heteroatoms. The van der Waals surface area contributed by atoms with E-state index in [2.05, 4.69) is 42.7 Å². The first-order valence-electron chi connectivity index (χ1n) is 6.71. The van der Waals surface area contributed by atoms with E-state index < -0.39 is 0 Å². The Morgan fingerprint density at radius 1 is 1.25 bits per heavy atom. The van der Waals surface area contributed by atoms with Crippen LogP contribution >= 0.6 is 11.8 Å². The van der Waals surface area contributed by atoms with Crippen molar-refractivity contribution in [1.29, 1.82) is 0 Å². The summed E-state index contributed by atoms with van der Waals surface area (Å²) in [6.45, 7) is 13.2. The summed E-state index contributed by atoms with van der Waals surface area (Å²) in [7, 11) is 0. The Hall–Kier alpha value is 0.270. The third-order valence-corrected chi connectivity index (χ3v) is 4.31. The highest BCUT2D eigenvalue weighted by Gasteiger charge is 2.26. The van der Waals surface area contributed by atoms with E-state index in [1.54, 1.807) is 0 Å². The number of unbranched alkanes of at least 4 members (excludes halogenated alkanes) is 1. The molecule has 0 aromatic carbocycles. The maximum absolute atomic E-state index is 3.47. The first-order valence-corrected chi connectivity index (χ1v) is 7.69. The summed E-state index contributed by atoms with van der Waals surface area (Å²) in [6, 6.07) is 0. The van der Waals surface area contributed by atoms with Crippen molar-refractivity contribution in [2.75, 3.05) is 38.5 Å². The lowest BCUT2D eigenvalue weighted by molar-refractivity contribution is 0.255. The van der Waals surface area contributed by atoms with Crippen LogP contribution in [0.4, 0.5) is 0 Å². The predicted molar refractivity (Wildman–Crippen MR) is 75.4 cm³/mol. The Kier molecular flexibility index (Phi) is 6.78. The number of nitrogens with one attached hydrogen (secondary N) is 1. The molecule has 16 heavy (non-hydrogen) atoms. The second-order valence-corrected chi connectivity index (χ2v) is 7.14. The van der Waals surface area contributed by atoms with Crippen LogP contribution in [-0.2, 0) is 0 Å². The minimum atomic E-state index is 0.471. The molecular weight excluding hydrogens is 216 g/mol. The number of thioether (sulfide) groups is 1. The van der Waals surface area contributed by atoms with Crippen molar-refractivity contribution in [2.24, 2.45) is 0 Å². The standard InChI is InChI=1S/C13H28N2S/c1-4-7-14-8-5-6-9-15-10-11-16-13(2,3)12-15/h14H,4-12H2,1-3H3. The topological polar surface area (TPSA) is 15.3 Å². The number of hydrogen-bond acceptors (Lipinski definition) is 3. The van der Waals surface area contributed by atoms with Crippen LogP contribution in [0.15, 0.2) is 0 Å². The highest BCUT2D eigenvalue weighted by Crippen LogP contribution is 2.29. The molecule has 0 radical (unpaired) electrons. The van der Waals surface area contributed by atoms with E-state index in [0.717, 1.165) is 0 Å². The van der Waals surface area contributed by atoms with Gasteiger partial charge in [0, 0.05) is 23.6 Å². The van der Waals surface area contributed by atoms with Crippen LogP contribution < -0.4 is 5.32 Å². The first-order chi connectivity index (χ1) is 7.64. The smallest absolute Gasteiger partial charge is 0.0231 e.